The average Bonchev–Trinajstić information content (AvgIpc) is 3.24. The molecule has 0 spiro atoms. The SMILES string of the molecule is CC(Sc1nnnn1Cc1ccco1)C(=O)Nc1ccc(F)c(F)c1. The lowest BCUT2D eigenvalue weighted by Crippen LogP contribution is -2.23. The van der Waals surface area contributed by atoms with E-state index >= 15 is 0 Å². The summed E-state index contributed by atoms with van der Waals surface area (Å²) in [6.07, 6.45) is 1.55. The first-order valence-corrected chi connectivity index (χ1v) is 8.12. The van der Waals surface area contributed by atoms with E-state index in [1.165, 1.54) is 10.7 Å². The van der Waals surface area contributed by atoms with Crippen molar-refractivity contribution in [1.82, 2.24) is 20.2 Å². The Bertz CT molecular complexity index is 869. The van der Waals surface area contributed by atoms with Crippen LogP contribution in [0.2, 0.25) is 0 Å². The molecule has 0 aliphatic carbocycles. The summed E-state index contributed by atoms with van der Waals surface area (Å²) < 4.78 is 32.9. The van der Waals surface area contributed by atoms with Gasteiger partial charge in [0, 0.05) is 11.8 Å². The van der Waals surface area contributed by atoms with Crippen LogP contribution in [0.3, 0.4) is 0 Å². The first kappa shape index (κ1) is 17.1. The number of carbonyl (C=O) groups is 1. The molecule has 0 aliphatic heterocycles. The molecule has 130 valence electrons. The molecule has 2 aromatic heterocycles. The van der Waals surface area contributed by atoms with Gasteiger partial charge in [0.2, 0.25) is 11.1 Å². The van der Waals surface area contributed by atoms with Gasteiger partial charge in [-0.15, -0.1) is 5.10 Å². The van der Waals surface area contributed by atoms with Crippen LogP contribution >= 0.6 is 11.8 Å². The summed E-state index contributed by atoms with van der Waals surface area (Å²) in [5, 5.41) is 13.7. The van der Waals surface area contributed by atoms with Crippen molar-refractivity contribution < 1.29 is 18.0 Å². The van der Waals surface area contributed by atoms with Gasteiger partial charge < -0.3 is 9.73 Å². The number of aromatic nitrogens is 4. The topological polar surface area (TPSA) is 85.8 Å². The molecule has 3 rings (SSSR count). The predicted octanol–water partition coefficient (Wildman–Crippen LogP) is 2.71. The molecule has 10 heteroatoms. The maximum absolute atomic E-state index is 13.2. The van der Waals surface area contributed by atoms with Crippen LogP contribution in [0.4, 0.5) is 14.5 Å². The van der Waals surface area contributed by atoms with E-state index in [-0.39, 0.29) is 11.6 Å². The summed E-state index contributed by atoms with van der Waals surface area (Å²) in [5.74, 6) is -1.71. The zero-order valence-corrected chi connectivity index (χ0v) is 13.8. The normalized spacial score (nSPS) is 12.1. The molecule has 25 heavy (non-hydrogen) atoms. The molecule has 0 saturated carbocycles. The quantitative estimate of drug-likeness (QED) is 0.676. The highest BCUT2D eigenvalue weighted by Crippen LogP contribution is 2.22. The lowest BCUT2D eigenvalue weighted by Gasteiger charge is -2.11. The Labute approximate surface area is 145 Å². The van der Waals surface area contributed by atoms with Crippen molar-refractivity contribution in [3.05, 3.63) is 54.0 Å². The lowest BCUT2D eigenvalue weighted by molar-refractivity contribution is -0.115. The maximum atomic E-state index is 13.2. The minimum Gasteiger partial charge on any atom is -0.467 e. The summed E-state index contributed by atoms with van der Waals surface area (Å²) >= 11 is 1.14. The fourth-order valence-corrected chi connectivity index (χ4v) is 2.75. The van der Waals surface area contributed by atoms with Gasteiger partial charge in [-0.25, -0.2) is 13.5 Å². The van der Waals surface area contributed by atoms with Gasteiger partial charge in [-0.1, -0.05) is 11.8 Å². The number of tetrazole rings is 1. The molecule has 1 atom stereocenters. The first-order chi connectivity index (χ1) is 12.0. The second kappa shape index (κ2) is 7.43. The van der Waals surface area contributed by atoms with E-state index in [1.807, 2.05) is 0 Å². The van der Waals surface area contributed by atoms with E-state index in [0.717, 1.165) is 23.9 Å². The Balaban J connectivity index is 1.63. The number of hydrogen-bond acceptors (Lipinski definition) is 6. The second-order valence-electron chi connectivity index (χ2n) is 5.08. The van der Waals surface area contributed by atoms with Crippen molar-refractivity contribution in [3.63, 3.8) is 0 Å². The molecule has 0 fully saturated rings. The number of anilines is 1. The number of nitrogens with one attached hydrogen (secondary N) is 1. The number of nitrogens with zero attached hydrogens (tertiary/aromatic N) is 4. The highest BCUT2D eigenvalue weighted by Gasteiger charge is 2.19. The number of thioether (sulfide) groups is 1. The smallest absolute Gasteiger partial charge is 0.237 e. The molecule has 0 aliphatic rings. The minimum absolute atomic E-state index is 0.173. The zero-order valence-electron chi connectivity index (χ0n) is 13.0. The maximum Gasteiger partial charge on any atom is 0.237 e. The van der Waals surface area contributed by atoms with Crippen molar-refractivity contribution in [2.75, 3.05) is 5.32 Å². The van der Waals surface area contributed by atoms with Crippen LogP contribution in [0, 0.1) is 11.6 Å². The highest BCUT2D eigenvalue weighted by atomic mass is 32.2. The number of furan rings is 1. The third-order valence-corrected chi connectivity index (χ3v) is 4.29. The van der Waals surface area contributed by atoms with Crippen LogP contribution in [0.1, 0.15) is 12.7 Å². The minimum atomic E-state index is -1.03. The molecule has 0 radical (unpaired) electrons. The average molecular weight is 365 g/mol. The Morgan fingerprint density at radius 1 is 1.36 bits per heavy atom. The molecule has 1 amide bonds. The van der Waals surface area contributed by atoms with Crippen molar-refractivity contribution in [3.8, 4) is 0 Å². The Kier molecular flexibility index (Phi) is 5.08. The Hall–Kier alpha value is -2.75. The van der Waals surface area contributed by atoms with Gasteiger partial charge in [0.15, 0.2) is 11.6 Å². The number of halogens is 2. The second-order valence-corrected chi connectivity index (χ2v) is 6.38. The molecule has 1 N–H and O–H groups in total. The van der Waals surface area contributed by atoms with Gasteiger partial charge >= 0.3 is 0 Å². The van der Waals surface area contributed by atoms with E-state index in [0.29, 0.717) is 17.5 Å². The van der Waals surface area contributed by atoms with E-state index < -0.39 is 16.9 Å². The number of amides is 1. The van der Waals surface area contributed by atoms with Crippen LogP contribution in [0.25, 0.3) is 0 Å². The standard InChI is InChI=1S/C15H13F2N5O2S/c1-9(14(23)18-10-4-5-12(16)13(17)7-10)25-15-19-20-21-22(15)8-11-3-2-6-24-11/h2-7,9H,8H2,1H3,(H,18,23). The van der Waals surface area contributed by atoms with Crippen LogP contribution in [-0.2, 0) is 11.3 Å². The molecule has 7 nitrogen and oxygen atoms in total. The lowest BCUT2D eigenvalue weighted by atomic mass is 10.3. The van der Waals surface area contributed by atoms with Crippen LogP contribution in [0.5, 0.6) is 0 Å². The molecule has 2 heterocycles. The summed E-state index contributed by atoms with van der Waals surface area (Å²) in [5.41, 5.74) is 0.173. The Morgan fingerprint density at radius 3 is 2.92 bits per heavy atom. The predicted molar refractivity (Wildman–Crippen MR) is 85.9 cm³/mol. The van der Waals surface area contributed by atoms with E-state index in [9.17, 15) is 13.6 Å². The highest BCUT2D eigenvalue weighted by molar-refractivity contribution is 8.00. The summed E-state index contributed by atoms with van der Waals surface area (Å²) in [6, 6.07) is 6.70. The number of carbonyl (C=O) groups excluding carboxylic acids is 1. The molecule has 1 aromatic carbocycles. The fraction of sp³-hybridized carbons (Fsp3) is 0.200. The third-order valence-electron chi connectivity index (χ3n) is 3.22. The van der Waals surface area contributed by atoms with Gasteiger partial charge in [0.1, 0.15) is 12.3 Å². The molecule has 3 aromatic rings. The molecular weight excluding hydrogens is 352 g/mol. The number of hydrogen-bond donors (Lipinski definition) is 1. The monoisotopic (exact) mass is 365 g/mol. The number of benzene rings is 1. The van der Waals surface area contributed by atoms with Crippen molar-refractivity contribution in [2.24, 2.45) is 0 Å². The summed E-state index contributed by atoms with van der Waals surface area (Å²) in [7, 11) is 0. The Morgan fingerprint density at radius 2 is 2.20 bits per heavy atom. The van der Waals surface area contributed by atoms with Gasteiger partial charge in [0.25, 0.3) is 0 Å². The van der Waals surface area contributed by atoms with Crippen molar-refractivity contribution in [2.45, 2.75) is 23.9 Å². The third kappa shape index (κ3) is 4.21. The summed E-state index contributed by atoms with van der Waals surface area (Å²) in [6.45, 7) is 1.99. The van der Waals surface area contributed by atoms with E-state index in [1.54, 1.807) is 25.3 Å². The molecule has 0 bridgehead atoms. The van der Waals surface area contributed by atoms with Gasteiger partial charge in [0.05, 0.1) is 11.5 Å². The zero-order chi connectivity index (χ0) is 17.8. The van der Waals surface area contributed by atoms with Crippen molar-refractivity contribution in [1.29, 1.82) is 0 Å². The summed E-state index contributed by atoms with van der Waals surface area (Å²) in [4.78, 5) is 12.2. The molecular formula is C15H13F2N5O2S. The first-order valence-electron chi connectivity index (χ1n) is 7.24. The van der Waals surface area contributed by atoms with Gasteiger partial charge in [-0.2, -0.15) is 0 Å². The van der Waals surface area contributed by atoms with Gasteiger partial charge in [-0.3, -0.25) is 4.79 Å². The van der Waals surface area contributed by atoms with Crippen LogP contribution in [0.15, 0.2) is 46.2 Å². The van der Waals surface area contributed by atoms with Crippen LogP contribution < -0.4 is 5.32 Å². The number of rotatable bonds is 6. The molecule has 1 unspecified atom stereocenters. The fourth-order valence-electron chi connectivity index (χ4n) is 1.96. The molecule has 0 saturated heterocycles. The van der Waals surface area contributed by atoms with E-state index in [4.69, 9.17) is 4.42 Å². The largest absolute Gasteiger partial charge is 0.467 e. The van der Waals surface area contributed by atoms with E-state index in [2.05, 4.69) is 20.8 Å². The van der Waals surface area contributed by atoms with Gasteiger partial charge in [-0.05, 0) is 41.6 Å². The van der Waals surface area contributed by atoms with Crippen LogP contribution in [-0.4, -0.2) is 31.4 Å². The van der Waals surface area contributed by atoms with Crippen molar-refractivity contribution >= 4 is 23.4 Å².